The summed E-state index contributed by atoms with van der Waals surface area (Å²) in [4.78, 5) is 27.8. The molecule has 37 heavy (non-hydrogen) atoms. The first-order valence-corrected chi connectivity index (χ1v) is 13.4. The predicted molar refractivity (Wildman–Crippen MR) is 137 cm³/mol. The third-order valence-electron chi connectivity index (χ3n) is 6.27. The number of sulfonamides is 1. The lowest BCUT2D eigenvalue weighted by Gasteiger charge is -2.29. The Kier molecular flexibility index (Phi) is 8.32. The zero-order chi connectivity index (χ0) is 26.4. The monoisotopic (exact) mass is 524 g/mol. The van der Waals surface area contributed by atoms with Crippen LogP contribution < -0.4 is 11.1 Å². The Morgan fingerprint density at radius 2 is 1.59 bits per heavy atom. The molecule has 1 aliphatic heterocycles. The number of carbonyl (C=O) groups excluding carboxylic acids is 2. The van der Waals surface area contributed by atoms with Crippen LogP contribution in [0.25, 0.3) is 0 Å². The highest BCUT2D eigenvalue weighted by Crippen LogP contribution is 2.26. The summed E-state index contributed by atoms with van der Waals surface area (Å²) in [5.41, 5.74) is 8.35. The summed E-state index contributed by atoms with van der Waals surface area (Å²) < 4.78 is 41.3. The molecular weight excluding hydrogens is 495 g/mol. The minimum Gasteiger partial charge on any atom is -0.349 e. The van der Waals surface area contributed by atoms with Crippen LogP contribution in [0.4, 0.5) is 4.39 Å². The number of rotatable bonds is 9. The van der Waals surface area contributed by atoms with Gasteiger partial charge in [-0.25, -0.2) is 12.8 Å². The molecule has 194 valence electrons. The van der Waals surface area contributed by atoms with Crippen molar-refractivity contribution in [1.29, 1.82) is 0 Å². The molecule has 0 aromatic heterocycles. The van der Waals surface area contributed by atoms with Gasteiger partial charge in [0.05, 0.1) is 4.90 Å². The molecule has 8 nitrogen and oxygen atoms in total. The summed E-state index contributed by atoms with van der Waals surface area (Å²) in [6.45, 7) is 0.490. The van der Waals surface area contributed by atoms with Crippen LogP contribution in [0.1, 0.15) is 23.1 Å². The van der Waals surface area contributed by atoms with Gasteiger partial charge in [0.15, 0.2) is 6.17 Å². The van der Waals surface area contributed by atoms with Crippen molar-refractivity contribution >= 4 is 21.8 Å². The molecule has 4 rings (SSSR count). The van der Waals surface area contributed by atoms with Gasteiger partial charge in [0.25, 0.3) is 5.91 Å². The number of nitrogens with two attached hydrogens (primary N) is 1. The van der Waals surface area contributed by atoms with Crippen molar-refractivity contribution in [3.8, 4) is 0 Å². The SMILES string of the molecule is NCc1cccc(CNC(=O)C2N(C(=O)CCc3ccccc3)CCN2S(=O)(=O)c2ccc(F)cc2)c1. The Hall–Kier alpha value is -3.60. The number of hydrogen-bond donors (Lipinski definition) is 2. The van der Waals surface area contributed by atoms with Gasteiger partial charge in [-0.15, -0.1) is 0 Å². The maximum atomic E-state index is 13.4. The third kappa shape index (κ3) is 6.22. The van der Waals surface area contributed by atoms with Gasteiger partial charge in [0.1, 0.15) is 5.82 Å². The lowest BCUT2D eigenvalue weighted by Crippen LogP contribution is -2.53. The van der Waals surface area contributed by atoms with E-state index in [4.69, 9.17) is 5.73 Å². The van der Waals surface area contributed by atoms with E-state index < -0.39 is 27.9 Å². The largest absolute Gasteiger partial charge is 0.349 e. The fourth-order valence-electron chi connectivity index (χ4n) is 4.32. The highest BCUT2D eigenvalue weighted by atomic mass is 32.2. The van der Waals surface area contributed by atoms with Crippen LogP contribution in [0.15, 0.2) is 83.8 Å². The lowest BCUT2D eigenvalue weighted by atomic mass is 10.1. The topological polar surface area (TPSA) is 113 Å². The van der Waals surface area contributed by atoms with Gasteiger partial charge < -0.3 is 16.0 Å². The molecular formula is C27H29FN4O4S. The molecule has 1 unspecified atom stereocenters. The van der Waals surface area contributed by atoms with E-state index in [9.17, 15) is 22.4 Å². The second kappa shape index (κ2) is 11.6. The summed E-state index contributed by atoms with van der Waals surface area (Å²) in [6.07, 6.45) is -0.784. The van der Waals surface area contributed by atoms with Crippen molar-refractivity contribution in [3.63, 3.8) is 0 Å². The number of amides is 2. The van der Waals surface area contributed by atoms with Crippen molar-refractivity contribution in [2.45, 2.75) is 37.0 Å². The molecule has 0 spiro atoms. The fraction of sp³-hybridized carbons (Fsp3) is 0.259. The van der Waals surface area contributed by atoms with E-state index in [0.29, 0.717) is 13.0 Å². The zero-order valence-electron chi connectivity index (χ0n) is 20.2. The van der Waals surface area contributed by atoms with E-state index >= 15 is 0 Å². The molecule has 2 amide bonds. The van der Waals surface area contributed by atoms with Crippen molar-refractivity contribution in [1.82, 2.24) is 14.5 Å². The molecule has 1 saturated heterocycles. The average molecular weight is 525 g/mol. The summed E-state index contributed by atoms with van der Waals surface area (Å²) in [6, 6.07) is 21.2. The number of nitrogens with zero attached hydrogens (tertiary/aromatic N) is 2. The molecule has 3 N–H and O–H groups in total. The number of hydrogen-bond acceptors (Lipinski definition) is 5. The number of nitrogens with one attached hydrogen (secondary N) is 1. The zero-order valence-corrected chi connectivity index (χ0v) is 21.0. The van der Waals surface area contributed by atoms with Crippen LogP contribution in [-0.4, -0.2) is 48.7 Å². The first kappa shape index (κ1) is 26.5. The molecule has 10 heteroatoms. The van der Waals surface area contributed by atoms with Gasteiger partial charge in [0, 0.05) is 32.6 Å². The van der Waals surface area contributed by atoms with E-state index in [2.05, 4.69) is 5.32 Å². The molecule has 1 atom stereocenters. The molecule has 0 saturated carbocycles. The Morgan fingerprint density at radius 1 is 0.919 bits per heavy atom. The highest BCUT2D eigenvalue weighted by molar-refractivity contribution is 7.89. The van der Waals surface area contributed by atoms with Crippen molar-refractivity contribution < 1.29 is 22.4 Å². The number of halogens is 1. The summed E-state index contributed by atoms with van der Waals surface area (Å²) in [7, 11) is -4.18. The standard InChI is InChI=1S/C27H29FN4O4S/c28-23-10-12-24(13-11-23)37(35,36)32-16-15-31(25(33)14-9-20-5-2-1-3-6-20)27(32)26(34)30-19-22-8-4-7-21(17-22)18-29/h1-8,10-13,17,27H,9,14-16,18-19,29H2,(H,30,34). The third-order valence-corrected chi connectivity index (χ3v) is 8.14. The maximum absolute atomic E-state index is 13.4. The Balaban J connectivity index is 1.57. The number of benzene rings is 3. The highest BCUT2D eigenvalue weighted by Gasteiger charge is 2.46. The minimum atomic E-state index is -4.18. The first-order valence-electron chi connectivity index (χ1n) is 12.0. The van der Waals surface area contributed by atoms with Crippen molar-refractivity contribution in [2.24, 2.45) is 5.73 Å². The molecule has 0 radical (unpaired) electrons. The molecule has 1 aliphatic rings. The van der Waals surface area contributed by atoms with Crippen LogP contribution in [0.2, 0.25) is 0 Å². The van der Waals surface area contributed by atoms with Crippen LogP contribution in [-0.2, 0) is 39.1 Å². The van der Waals surface area contributed by atoms with Gasteiger partial charge in [-0.1, -0.05) is 54.6 Å². The van der Waals surface area contributed by atoms with Gasteiger partial charge in [-0.2, -0.15) is 4.31 Å². The summed E-state index contributed by atoms with van der Waals surface area (Å²) in [5, 5.41) is 2.77. The normalized spacial score (nSPS) is 16.1. The smallest absolute Gasteiger partial charge is 0.259 e. The van der Waals surface area contributed by atoms with E-state index in [1.165, 1.54) is 4.90 Å². The number of carbonyl (C=O) groups is 2. The molecule has 3 aromatic carbocycles. The maximum Gasteiger partial charge on any atom is 0.259 e. The fourth-order valence-corrected chi connectivity index (χ4v) is 5.87. The van der Waals surface area contributed by atoms with Gasteiger partial charge in [-0.05, 0) is 47.4 Å². The summed E-state index contributed by atoms with van der Waals surface area (Å²) >= 11 is 0. The van der Waals surface area contributed by atoms with Crippen LogP contribution in [0.3, 0.4) is 0 Å². The van der Waals surface area contributed by atoms with Crippen molar-refractivity contribution in [2.75, 3.05) is 13.1 Å². The lowest BCUT2D eigenvalue weighted by molar-refractivity contribution is -0.140. The quantitative estimate of drug-likeness (QED) is 0.446. The minimum absolute atomic E-state index is 0.0580. The van der Waals surface area contributed by atoms with E-state index in [1.807, 2.05) is 54.6 Å². The van der Waals surface area contributed by atoms with Crippen LogP contribution in [0.5, 0.6) is 0 Å². The van der Waals surface area contributed by atoms with Crippen molar-refractivity contribution in [3.05, 3.63) is 101 Å². The second-order valence-electron chi connectivity index (χ2n) is 8.76. The first-order chi connectivity index (χ1) is 17.8. The Morgan fingerprint density at radius 3 is 2.30 bits per heavy atom. The molecule has 1 heterocycles. The van der Waals surface area contributed by atoms with Crippen LogP contribution >= 0.6 is 0 Å². The number of aryl methyl sites for hydroxylation is 1. The van der Waals surface area contributed by atoms with Gasteiger partial charge in [-0.3, -0.25) is 9.59 Å². The molecule has 3 aromatic rings. The van der Waals surface area contributed by atoms with E-state index in [-0.39, 0.29) is 36.9 Å². The molecule has 0 aliphatic carbocycles. The van der Waals surface area contributed by atoms with Gasteiger partial charge >= 0.3 is 0 Å². The Bertz CT molecular complexity index is 1350. The van der Waals surface area contributed by atoms with Crippen LogP contribution in [0, 0.1) is 5.82 Å². The van der Waals surface area contributed by atoms with E-state index in [0.717, 1.165) is 45.3 Å². The average Bonchev–Trinajstić information content (AvgIpc) is 3.38. The summed E-state index contributed by atoms with van der Waals surface area (Å²) in [5.74, 6) is -1.52. The second-order valence-corrected chi connectivity index (χ2v) is 10.6. The predicted octanol–water partition coefficient (Wildman–Crippen LogP) is 2.39. The molecule has 1 fully saturated rings. The molecule has 0 bridgehead atoms. The van der Waals surface area contributed by atoms with E-state index in [1.54, 1.807) is 0 Å². The van der Waals surface area contributed by atoms with Gasteiger partial charge in [0.2, 0.25) is 15.9 Å². The Labute approximate surface area is 215 Å².